The average Bonchev–Trinajstić information content (AvgIpc) is 2.18. The molecule has 0 bridgehead atoms. The van der Waals surface area contributed by atoms with Crippen LogP contribution >= 0.6 is 11.6 Å². The number of carboxylic acids is 1. The Balaban J connectivity index is 2.86. The molecule has 15 heavy (non-hydrogen) atoms. The van der Waals surface area contributed by atoms with Crippen molar-refractivity contribution in [2.24, 2.45) is 5.10 Å². The molecule has 0 saturated heterocycles. The minimum atomic E-state index is -1.18. The van der Waals surface area contributed by atoms with E-state index in [2.05, 4.69) is 10.5 Å². The van der Waals surface area contributed by atoms with Gasteiger partial charge in [-0.15, -0.1) is 0 Å². The molecule has 1 aromatic carbocycles. The van der Waals surface area contributed by atoms with E-state index in [1.807, 2.05) is 0 Å². The fourth-order valence-electron chi connectivity index (χ4n) is 0.775. The molecule has 0 heterocycles. The van der Waals surface area contributed by atoms with Gasteiger partial charge in [0.25, 0.3) is 0 Å². The van der Waals surface area contributed by atoms with Gasteiger partial charge < -0.3 is 5.11 Å². The Morgan fingerprint density at radius 2 is 2.27 bits per heavy atom. The molecule has 0 aliphatic rings. The standard InChI is InChI=1S/C9H8ClFN2O2/c1-5(9(14)15)12-13-8-4-6(10)2-3-7(8)11/h2-4,13H,1H3,(H,14,15)/b12-5-. The lowest BCUT2D eigenvalue weighted by molar-refractivity contribution is -0.129. The second kappa shape index (κ2) is 4.75. The summed E-state index contributed by atoms with van der Waals surface area (Å²) in [6.45, 7) is 1.29. The predicted octanol–water partition coefficient (Wildman–Crippen LogP) is 2.35. The number of hydrazone groups is 1. The van der Waals surface area contributed by atoms with Crippen molar-refractivity contribution in [1.82, 2.24) is 0 Å². The molecule has 2 N–H and O–H groups in total. The van der Waals surface area contributed by atoms with Gasteiger partial charge in [-0.2, -0.15) is 5.10 Å². The monoisotopic (exact) mass is 230 g/mol. The number of carbonyl (C=O) groups is 1. The van der Waals surface area contributed by atoms with Gasteiger partial charge in [0.2, 0.25) is 0 Å². The second-order valence-corrected chi connectivity index (χ2v) is 3.17. The van der Waals surface area contributed by atoms with E-state index in [1.54, 1.807) is 0 Å². The lowest BCUT2D eigenvalue weighted by Gasteiger charge is -2.02. The number of hydrogen-bond acceptors (Lipinski definition) is 3. The van der Waals surface area contributed by atoms with Gasteiger partial charge in [0.15, 0.2) is 0 Å². The van der Waals surface area contributed by atoms with Crippen LogP contribution in [0.2, 0.25) is 5.02 Å². The highest BCUT2D eigenvalue weighted by molar-refractivity contribution is 6.34. The van der Waals surface area contributed by atoms with Gasteiger partial charge in [-0.1, -0.05) is 11.6 Å². The molecule has 0 saturated carbocycles. The first kappa shape index (κ1) is 11.5. The van der Waals surface area contributed by atoms with Crippen molar-refractivity contribution in [2.45, 2.75) is 6.92 Å². The highest BCUT2D eigenvalue weighted by atomic mass is 35.5. The largest absolute Gasteiger partial charge is 0.477 e. The van der Waals surface area contributed by atoms with Crippen LogP contribution in [0.25, 0.3) is 0 Å². The number of carboxylic acid groups (broad SMARTS) is 1. The van der Waals surface area contributed by atoms with E-state index < -0.39 is 11.8 Å². The molecular weight excluding hydrogens is 223 g/mol. The molecule has 0 radical (unpaired) electrons. The first-order valence-electron chi connectivity index (χ1n) is 3.99. The number of halogens is 2. The zero-order chi connectivity index (χ0) is 11.4. The molecule has 6 heteroatoms. The maximum atomic E-state index is 13.1. The van der Waals surface area contributed by atoms with Crippen LogP contribution in [0.5, 0.6) is 0 Å². The zero-order valence-corrected chi connectivity index (χ0v) is 8.55. The zero-order valence-electron chi connectivity index (χ0n) is 7.79. The lowest BCUT2D eigenvalue weighted by atomic mass is 10.3. The molecule has 0 atom stereocenters. The number of aliphatic carboxylic acids is 1. The van der Waals surface area contributed by atoms with E-state index >= 15 is 0 Å². The van der Waals surface area contributed by atoms with Crippen LogP contribution in [0.3, 0.4) is 0 Å². The number of anilines is 1. The number of hydrogen-bond donors (Lipinski definition) is 2. The molecule has 4 nitrogen and oxygen atoms in total. The molecule has 0 aliphatic carbocycles. The summed E-state index contributed by atoms with van der Waals surface area (Å²) in [7, 11) is 0. The van der Waals surface area contributed by atoms with Crippen LogP contribution in [0.4, 0.5) is 10.1 Å². The number of nitrogens with zero attached hydrogens (tertiary/aromatic N) is 1. The Morgan fingerprint density at radius 3 is 2.87 bits per heavy atom. The first-order chi connectivity index (χ1) is 7.00. The van der Waals surface area contributed by atoms with Crippen LogP contribution in [-0.4, -0.2) is 16.8 Å². The third-order valence-corrected chi connectivity index (χ3v) is 1.82. The van der Waals surface area contributed by atoms with E-state index in [0.29, 0.717) is 5.02 Å². The molecule has 0 aromatic heterocycles. The Kier molecular flexibility index (Phi) is 3.62. The quantitative estimate of drug-likeness (QED) is 0.619. The van der Waals surface area contributed by atoms with E-state index in [0.717, 1.165) is 6.07 Å². The minimum absolute atomic E-state index is 0.0306. The summed E-state index contributed by atoms with van der Waals surface area (Å²) in [5, 5.41) is 12.3. The Bertz CT molecular complexity index is 421. The number of rotatable bonds is 3. The third kappa shape index (κ3) is 3.21. The predicted molar refractivity (Wildman–Crippen MR) is 55.8 cm³/mol. The van der Waals surface area contributed by atoms with E-state index in [-0.39, 0.29) is 11.4 Å². The summed E-state index contributed by atoms with van der Waals surface area (Å²) in [5.41, 5.74) is 2.14. The summed E-state index contributed by atoms with van der Waals surface area (Å²) in [6, 6.07) is 3.86. The van der Waals surface area contributed by atoms with Gasteiger partial charge in [0.1, 0.15) is 11.5 Å². The molecule has 0 spiro atoms. The van der Waals surface area contributed by atoms with Gasteiger partial charge in [0, 0.05) is 5.02 Å². The lowest BCUT2D eigenvalue weighted by Crippen LogP contribution is -2.10. The van der Waals surface area contributed by atoms with E-state index in [1.165, 1.54) is 19.1 Å². The van der Waals surface area contributed by atoms with Crippen molar-refractivity contribution in [1.29, 1.82) is 0 Å². The molecule has 80 valence electrons. The number of nitrogens with one attached hydrogen (secondary N) is 1. The van der Waals surface area contributed by atoms with Crippen LogP contribution in [-0.2, 0) is 4.79 Å². The topological polar surface area (TPSA) is 61.7 Å². The van der Waals surface area contributed by atoms with Crippen LogP contribution in [0, 0.1) is 5.82 Å². The van der Waals surface area contributed by atoms with Crippen LogP contribution in [0.15, 0.2) is 23.3 Å². The minimum Gasteiger partial charge on any atom is -0.477 e. The highest BCUT2D eigenvalue weighted by Gasteiger charge is 2.04. The van der Waals surface area contributed by atoms with E-state index in [4.69, 9.17) is 16.7 Å². The average molecular weight is 231 g/mol. The maximum absolute atomic E-state index is 13.1. The summed E-state index contributed by atoms with van der Waals surface area (Å²) < 4.78 is 13.1. The fourth-order valence-corrected chi connectivity index (χ4v) is 0.947. The van der Waals surface area contributed by atoms with Crippen molar-refractivity contribution in [3.05, 3.63) is 29.0 Å². The van der Waals surface area contributed by atoms with Crippen molar-refractivity contribution in [2.75, 3.05) is 5.43 Å². The van der Waals surface area contributed by atoms with Gasteiger partial charge in [0.05, 0.1) is 5.69 Å². The van der Waals surface area contributed by atoms with Gasteiger partial charge in [-0.05, 0) is 25.1 Å². The highest BCUT2D eigenvalue weighted by Crippen LogP contribution is 2.19. The van der Waals surface area contributed by atoms with Crippen molar-refractivity contribution >= 4 is 29.0 Å². The Hall–Kier alpha value is -1.62. The van der Waals surface area contributed by atoms with Gasteiger partial charge >= 0.3 is 5.97 Å². The second-order valence-electron chi connectivity index (χ2n) is 2.74. The summed E-state index contributed by atoms with van der Waals surface area (Å²) in [6.07, 6.45) is 0. The fraction of sp³-hybridized carbons (Fsp3) is 0.111. The molecule has 0 amide bonds. The van der Waals surface area contributed by atoms with Crippen LogP contribution in [0.1, 0.15) is 6.92 Å². The van der Waals surface area contributed by atoms with Gasteiger partial charge in [-0.3, -0.25) is 5.43 Å². The smallest absolute Gasteiger partial charge is 0.351 e. The van der Waals surface area contributed by atoms with Crippen molar-refractivity contribution in [3.8, 4) is 0 Å². The summed E-state index contributed by atoms with van der Waals surface area (Å²) in [5.74, 6) is -1.73. The number of benzene rings is 1. The summed E-state index contributed by atoms with van der Waals surface area (Å²) >= 11 is 5.62. The maximum Gasteiger partial charge on any atom is 0.351 e. The molecular formula is C9H8ClFN2O2. The van der Waals surface area contributed by atoms with Crippen molar-refractivity contribution < 1.29 is 14.3 Å². The first-order valence-corrected chi connectivity index (χ1v) is 4.37. The molecule has 0 unspecified atom stereocenters. The Labute approximate surface area is 90.4 Å². The van der Waals surface area contributed by atoms with Crippen molar-refractivity contribution in [3.63, 3.8) is 0 Å². The van der Waals surface area contributed by atoms with Crippen LogP contribution < -0.4 is 5.43 Å². The summed E-state index contributed by atoms with van der Waals surface area (Å²) in [4.78, 5) is 10.4. The Morgan fingerprint density at radius 1 is 1.60 bits per heavy atom. The normalized spacial score (nSPS) is 11.3. The molecule has 0 aliphatic heterocycles. The van der Waals surface area contributed by atoms with Gasteiger partial charge in [-0.25, -0.2) is 9.18 Å². The molecule has 1 aromatic rings. The SMILES string of the molecule is C/C(=N/Nc1cc(Cl)ccc1F)C(=O)O. The molecule has 1 rings (SSSR count). The molecule has 0 fully saturated rings. The third-order valence-electron chi connectivity index (χ3n) is 1.58. The van der Waals surface area contributed by atoms with E-state index in [9.17, 15) is 9.18 Å².